The summed E-state index contributed by atoms with van der Waals surface area (Å²) in [6.07, 6.45) is 0.741. The minimum atomic E-state index is -0.0834. The predicted molar refractivity (Wildman–Crippen MR) is 141 cm³/mol. The highest BCUT2D eigenvalue weighted by atomic mass is 35.5. The third kappa shape index (κ3) is 5.14. The van der Waals surface area contributed by atoms with E-state index in [-0.39, 0.29) is 11.5 Å². The Balaban J connectivity index is 1.84. The average Bonchev–Trinajstić information content (AvgIpc) is 2.89. The molecule has 0 atom stereocenters. The number of likely N-dealkylation sites (N-methyl/N-ethyl adjacent to an activating group) is 1. The molecule has 2 heterocycles. The van der Waals surface area contributed by atoms with Crippen molar-refractivity contribution in [3.05, 3.63) is 63.8 Å². The Labute approximate surface area is 219 Å². The van der Waals surface area contributed by atoms with E-state index in [9.17, 15) is 10.1 Å². The first-order valence-electron chi connectivity index (χ1n) is 11.3. The summed E-state index contributed by atoms with van der Waals surface area (Å²) >= 11 is 7.32. The fourth-order valence-corrected chi connectivity index (χ4v) is 5.39. The second kappa shape index (κ2) is 11.2. The van der Waals surface area contributed by atoms with Crippen LogP contribution < -0.4 is 14.2 Å². The van der Waals surface area contributed by atoms with Gasteiger partial charge >= 0.3 is 0 Å². The molecule has 4 rings (SSSR count). The van der Waals surface area contributed by atoms with Crippen molar-refractivity contribution in [3.8, 4) is 34.4 Å². The average molecular weight is 524 g/mol. The molecule has 1 aliphatic heterocycles. The first-order valence-corrected chi connectivity index (χ1v) is 12.6. The zero-order valence-corrected chi connectivity index (χ0v) is 22.1. The number of ketones is 1. The Morgan fingerprint density at radius 3 is 2.50 bits per heavy atom. The predicted octanol–water partition coefficient (Wildman–Crippen LogP) is 5.26. The molecule has 0 spiro atoms. The second-order valence-electron chi connectivity index (χ2n) is 8.33. The molecule has 1 aliphatic rings. The number of halogens is 1. The summed E-state index contributed by atoms with van der Waals surface area (Å²) in [5.74, 6) is 1.52. The molecule has 0 unspecified atom stereocenters. The molecule has 0 radical (unpaired) electrons. The van der Waals surface area contributed by atoms with Crippen LogP contribution in [0.1, 0.15) is 27.2 Å². The number of fused-ring (bicyclic) bond motifs is 1. The maximum atomic E-state index is 12.9. The van der Waals surface area contributed by atoms with Gasteiger partial charge in [-0.2, -0.15) is 5.26 Å². The summed E-state index contributed by atoms with van der Waals surface area (Å²) in [7, 11) is 6.71. The lowest BCUT2D eigenvalue weighted by Crippen LogP contribution is -2.28. The topological polar surface area (TPSA) is 84.7 Å². The number of aromatic nitrogens is 1. The number of benzene rings is 2. The number of Topliss-reactive ketones (excluding diaryl/α,β-unsaturated/α-hetero) is 1. The van der Waals surface area contributed by atoms with Crippen molar-refractivity contribution in [2.24, 2.45) is 0 Å². The van der Waals surface area contributed by atoms with Crippen LogP contribution in [-0.2, 0) is 13.0 Å². The van der Waals surface area contributed by atoms with Gasteiger partial charge in [-0.1, -0.05) is 35.5 Å². The zero-order chi connectivity index (χ0) is 25.8. The highest BCUT2D eigenvalue weighted by Gasteiger charge is 2.27. The number of carbonyl (C=O) groups is 1. The number of pyridine rings is 1. The quantitative estimate of drug-likeness (QED) is 0.292. The summed E-state index contributed by atoms with van der Waals surface area (Å²) in [6.45, 7) is 1.50. The van der Waals surface area contributed by atoms with Gasteiger partial charge in [0.2, 0.25) is 5.75 Å². The van der Waals surface area contributed by atoms with Crippen LogP contribution in [-0.4, -0.2) is 56.3 Å². The SMILES string of the molecule is COc1cc(-c2c(C#N)c(SCC(=O)c3cccc(Cl)c3)nc3c2CN(C)CC3)cc(OC)c1OC. The van der Waals surface area contributed by atoms with E-state index in [2.05, 4.69) is 11.0 Å². The van der Waals surface area contributed by atoms with Gasteiger partial charge in [0.1, 0.15) is 11.1 Å². The van der Waals surface area contributed by atoms with Crippen molar-refractivity contribution < 1.29 is 19.0 Å². The van der Waals surface area contributed by atoms with Gasteiger partial charge in [-0.25, -0.2) is 4.98 Å². The summed E-state index contributed by atoms with van der Waals surface area (Å²) in [6, 6.07) is 12.9. The van der Waals surface area contributed by atoms with Crippen LogP contribution in [0, 0.1) is 11.3 Å². The van der Waals surface area contributed by atoms with E-state index in [1.165, 1.54) is 11.8 Å². The number of hydrogen-bond acceptors (Lipinski definition) is 8. The molecule has 3 aromatic rings. The van der Waals surface area contributed by atoms with E-state index >= 15 is 0 Å². The third-order valence-electron chi connectivity index (χ3n) is 6.06. The Bertz CT molecular complexity index is 1330. The number of hydrogen-bond donors (Lipinski definition) is 0. The number of thioether (sulfide) groups is 1. The number of ether oxygens (including phenoxy) is 3. The maximum absolute atomic E-state index is 12.9. The van der Waals surface area contributed by atoms with E-state index in [0.29, 0.717) is 45.0 Å². The molecule has 7 nitrogen and oxygen atoms in total. The number of nitrogens with zero attached hydrogens (tertiary/aromatic N) is 3. The lowest BCUT2D eigenvalue weighted by molar-refractivity contribution is 0.102. The third-order valence-corrected chi connectivity index (χ3v) is 7.27. The number of rotatable bonds is 8. The molecule has 0 fully saturated rings. The van der Waals surface area contributed by atoms with Gasteiger partial charge < -0.3 is 19.1 Å². The van der Waals surface area contributed by atoms with Gasteiger partial charge in [-0.15, -0.1) is 0 Å². The smallest absolute Gasteiger partial charge is 0.203 e. The Hall–Kier alpha value is -3.25. The highest BCUT2D eigenvalue weighted by molar-refractivity contribution is 8.00. The number of carbonyl (C=O) groups excluding carboxylic acids is 1. The minimum Gasteiger partial charge on any atom is -0.493 e. The van der Waals surface area contributed by atoms with Gasteiger partial charge in [-0.3, -0.25) is 4.79 Å². The molecule has 1 aromatic heterocycles. The normalized spacial score (nSPS) is 13.0. The van der Waals surface area contributed by atoms with Gasteiger partial charge in [-0.05, 0) is 42.4 Å². The molecular weight excluding hydrogens is 498 g/mol. The van der Waals surface area contributed by atoms with Crippen LogP contribution in [0.5, 0.6) is 17.2 Å². The lowest BCUT2D eigenvalue weighted by Gasteiger charge is -2.28. The molecule has 36 heavy (non-hydrogen) atoms. The van der Waals surface area contributed by atoms with Gasteiger partial charge in [0.05, 0.1) is 32.6 Å². The summed E-state index contributed by atoms with van der Waals surface area (Å²) in [5.41, 5.74) is 4.39. The van der Waals surface area contributed by atoms with Crippen LogP contribution in [0.25, 0.3) is 11.1 Å². The monoisotopic (exact) mass is 523 g/mol. The van der Waals surface area contributed by atoms with Crippen LogP contribution in [0.3, 0.4) is 0 Å². The van der Waals surface area contributed by atoms with Gasteiger partial charge in [0, 0.05) is 41.4 Å². The first kappa shape index (κ1) is 25.8. The largest absolute Gasteiger partial charge is 0.493 e. The van der Waals surface area contributed by atoms with Crippen LogP contribution in [0.4, 0.5) is 0 Å². The van der Waals surface area contributed by atoms with E-state index in [4.69, 9.17) is 30.8 Å². The lowest BCUT2D eigenvalue weighted by atomic mass is 9.91. The van der Waals surface area contributed by atoms with Gasteiger partial charge in [0.15, 0.2) is 17.3 Å². The fourth-order valence-electron chi connectivity index (χ4n) is 4.30. The maximum Gasteiger partial charge on any atom is 0.203 e. The van der Waals surface area contributed by atoms with E-state index < -0.39 is 0 Å². The molecule has 186 valence electrons. The molecular formula is C27H26ClN3O4S. The summed E-state index contributed by atoms with van der Waals surface area (Å²) < 4.78 is 16.6. The van der Waals surface area contributed by atoms with Crippen molar-refractivity contribution in [1.82, 2.24) is 9.88 Å². The minimum absolute atomic E-state index is 0.0834. The fraction of sp³-hybridized carbons (Fsp3) is 0.296. The van der Waals surface area contributed by atoms with Crippen molar-refractivity contribution in [3.63, 3.8) is 0 Å². The molecule has 0 aliphatic carbocycles. The second-order valence-corrected chi connectivity index (χ2v) is 9.73. The van der Waals surface area contributed by atoms with E-state index in [1.807, 2.05) is 19.2 Å². The summed E-state index contributed by atoms with van der Waals surface area (Å²) in [4.78, 5) is 19.9. The standard InChI is InChI=1S/C27H26ClN3O4S/c1-31-9-8-21-20(14-31)25(17-11-23(33-2)26(35-4)24(12-17)34-3)19(13-29)27(30-21)36-15-22(32)16-6-5-7-18(28)10-16/h5-7,10-12H,8-9,14-15H2,1-4H3. The van der Waals surface area contributed by atoms with Crippen LogP contribution >= 0.6 is 23.4 Å². The number of methoxy groups -OCH3 is 3. The molecule has 9 heteroatoms. The Kier molecular flexibility index (Phi) is 8.04. The van der Waals surface area contributed by atoms with Crippen LogP contribution in [0.15, 0.2) is 41.4 Å². The van der Waals surface area contributed by atoms with E-state index in [0.717, 1.165) is 35.3 Å². The zero-order valence-electron chi connectivity index (χ0n) is 20.6. The molecule has 0 N–H and O–H groups in total. The molecule has 0 saturated heterocycles. The van der Waals surface area contributed by atoms with Crippen molar-refractivity contribution >= 4 is 29.1 Å². The Morgan fingerprint density at radius 1 is 1.17 bits per heavy atom. The molecule has 2 aromatic carbocycles. The van der Waals surface area contributed by atoms with Crippen molar-refractivity contribution in [2.45, 2.75) is 18.0 Å². The van der Waals surface area contributed by atoms with E-state index in [1.54, 1.807) is 45.6 Å². The Morgan fingerprint density at radius 2 is 1.89 bits per heavy atom. The van der Waals surface area contributed by atoms with Crippen molar-refractivity contribution in [1.29, 1.82) is 5.26 Å². The number of nitriles is 1. The molecule has 0 bridgehead atoms. The highest BCUT2D eigenvalue weighted by Crippen LogP contribution is 2.44. The van der Waals surface area contributed by atoms with Gasteiger partial charge in [0.25, 0.3) is 0 Å². The van der Waals surface area contributed by atoms with Crippen LogP contribution in [0.2, 0.25) is 5.02 Å². The van der Waals surface area contributed by atoms with Crippen molar-refractivity contribution in [2.75, 3.05) is 40.7 Å². The molecule has 0 saturated carbocycles. The summed E-state index contributed by atoms with van der Waals surface area (Å²) in [5, 5.41) is 11.3. The first-order chi connectivity index (χ1) is 17.4. The molecule has 0 amide bonds.